The van der Waals surface area contributed by atoms with Crippen molar-refractivity contribution < 1.29 is 62.9 Å². The largest absolute Gasteiger partial charge is 0.488 e. The number of aliphatic hydroxyl groups excluding tert-OH is 2. The summed E-state index contributed by atoms with van der Waals surface area (Å²) in [4.78, 5) is 58.1. The molecule has 3 fully saturated rings. The molecule has 0 radical (unpaired) electrons. The molecule has 2 aromatic rings. The number of cyclic esters (lactones) is 1. The molecule has 4 aliphatic rings. The van der Waals surface area contributed by atoms with Gasteiger partial charge < -0.3 is 43.7 Å². The lowest BCUT2D eigenvalue weighted by Crippen LogP contribution is -2.64. The Morgan fingerprint density at radius 2 is 1.44 bits per heavy atom. The molecule has 2 saturated heterocycles. The summed E-state index contributed by atoms with van der Waals surface area (Å²) in [5, 5.41) is 35.3. The average Bonchev–Trinajstić information content (AvgIpc) is 3.33. The molecular weight excluding hydrogens is 871 g/mol. The Balaban J connectivity index is 1.25. The topological polar surface area (TPSA) is 188 Å². The highest BCUT2D eigenvalue weighted by molar-refractivity contribution is 6.39. The van der Waals surface area contributed by atoms with E-state index in [4.69, 9.17) is 28.4 Å². The molecule has 374 valence electrons. The number of allylic oxidation sites excluding steroid dienone is 2. The maximum absolute atomic E-state index is 14.5. The molecule has 6 rings (SSSR count). The van der Waals surface area contributed by atoms with E-state index in [-0.39, 0.29) is 48.7 Å². The molecule has 1 saturated carbocycles. The first kappa shape index (κ1) is 52.9. The zero-order valence-electron chi connectivity index (χ0n) is 41.2. The maximum Gasteiger partial charge on any atom is 0.329 e. The molecule has 3 heterocycles. The highest BCUT2D eigenvalue weighted by Crippen LogP contribution is 2.40. The van der Waals surface area contributed by atoms with Gasteiger partial charge in [0.15, 0.2) is 0 Å². The highest BCUT2D eigenvalue weighted by Gasteiger charge is 2.56. The van der Waals surface area contributed by atoms with Crippen LogP contribution in [0.25, 0.3) is 0 Å². The van der Waals surface area contributed by atoms with E-state index in [2.05, 4.69) is 13.8 Å². The first-order chi connectivity index (χ1) is 32.5. The molecular formula is C54H75NO13. The third kappa shape index (κ3) is 12.8. The number of para-hydroxylation sites is 1. The summed E-state index contributed by atoms with van der Waals surface area (Å²) in [6.07, 6.45) is 4.00. The molecule has 15 atom stereocenters. The van der Waals surface area contributed by atoms with Gasteiger partial charge in [0, 0.05) is 44.6 Å². The molecule has 14 nitrogen and oxygen atoms in total. The Kier molecular flexibility index (Phi) is 18.6. The first-order valence-electron chi connectivity index (χ1n) is 24.7. The fourth-order valence-corrected chi connectivity index (χ4v) is 10.8. The van der Waals surface area contributed by atoms with Crippen LogP contribution >= 0.6 is 0 Å². The van der Waals surface area contributed by atoms with Crippen molar-refractivity contribution in [2.75, 3.05) is 14.2 Å². The number of benzene rings is 2. The molecule has 3 N–H and O–H groups in total. The number of hydrogen-bond donors (Lipinski definition) is 3. The van der Waals surface area contributed by atoms with Gasteiger partial charge in [-0.25, -0.2) is 4.79 Å². The van der Waals surface area contributed by atoms with Gasteiger partial charge in [0.25, 0.3) is 5.78 Å². The standard InChI is InChI=1S/C54H75NO13/c1-9-38-26-32(2)25-33(3)27-47(63-7)50-48(64-8)29-35(5)54(62,68-50)51(59)52(60)55-24-14-13-17-42(55)53(61)67-49(36(6)43(56)31-44(38)57)34(4)28-37-18-23-46(45(58)30-37)66-41-21-19-40(20-22-41)65-39-15-11-10-12-16-39/h10-12,14-16,19-22,24,28,32-33,35-38,42-43,45-50,56,58,62H,9,13,17-18,23,25-27,29-31H2,1-8H3. The van der Waals surface area contributed by atoms with Crippen LogP contribution in [0.3, 0.4) is 0 Å². The number of ether oxygens (including phenoxy) is 6. The summed E-state index contributed by atoms with van der Waals surface area (Å²) in [6.45, 7) is 11.3. The number of Topliss-reactive ketones (excluding diaryl/α,β-unsaturated/α-hetero) is 2. The molecule has 0 spiro atoms. The second-order valence-corrected chi connectivity index (χ2v) is 20.1. The smallest absolute Gasteiger partial charge is 0.329 e. The molecule has 1 amide bonds. The average molecular weight is 946 g/mol. The van der Waals surface area contributed by atoms with Gasteiger partial charge >= 0.3 is 11.9 Å². The van der Waals surface area contributed by atoms with Gasteiger partial charge in [-0.2, -0.15) is 0 Å². The molecule has 2 aromatic carbocycles. The number of nitrogens with zero attached hydrogens (tertiary/aromatic N) is 1. The fourth-order valence-electron chi connectivity index (χ4n) is 10.8. The monoisotopic (exact) mass is 946 g/mol. The SMILES string of the molecule is CCC1CC(C)CC(C)CC(OC)C2OC(O)(C(=O)C(=O)N3C=CCCC3C(=O)OC(C(C)=CC3CCC(Oc4ccc(Oc5ccccc5)cc4)C(O)C3)C(C)C(O)CC1=O)C(C)CC2OC. The number of rotatable bonds is 9. The summed E-state index contributed by atoms with van der Waals surface area (Å²) in [5.41, 5.74) is 0.612. The van der Waals surface area contributed by atoms with Crippen LogP contribution in [0.5, 0.6) is 17.2 Å². The second kappa shape index (κ2) is 23.9. The molecule has 3 aliphatic heterocycles. The van der Waals surface area contributed by atoms with E-state index in [0.717, 1.165) is 17.1 Å². The number of esters is 1. The van der Waals surface area contributed by atoms with Crippen molar-refractivity contribution >= 4 is 23.4 Å². The van der Waals surface area contributed by atoms with Crippen LogP contribution in [0.4, 0.5) is 0 Å². The molecule has 0 aromatic heterocycles. The van der Waals surface area contributed by atoms with Crippen molar-refractivity contribution in [1.82, 2.24) is 4.90 Å². The Morgan fingerprint density at radius 3 is 2.10 bits per heavy atom. The highest BCUT2D eigenvalue weighted by atomic mass is 16.7. The molecule has 14 heteroatoms. The number of aliphatic hydroxyl groups is 3. The summed E-state index contributed by atoms with van der Waals surface area (Å²) in [7, 11) is 3.07. The Bertz CT molecular complexity index is 2060. The van der Waals surface area contributed by atoms with Crippen LogP contribution in [0.1, 0.15) is 112 Å². The predicted octanol–water partition coefficient (Wildman–Crippen LogP) is 7.90. The van der Waals surface area contributed by atoms with Gasteiger partial charge in [-0.1, -0.05) is 65.0 Å². The number of methoxy groups -OCH3 is 2. The Hall–Kier alpha value is -4.44. The zero-order chi connectivity index (χ0) is 49.3. The van der Waals surface area contributed by atoms with Crippen LogP contribution in [-0.2, 0) is 38.1 Å². The van der Waals surface area contributed by atoms with Crippen molar-refractivity contribution in [3.63, 3.8) is 0 Å². The van der Waals surface area contributed by atoms with Gasteiger partial charge in [0.1, 0.15) is 47.4 Å². The lowest BCUT2D eigenvalue weighted by molar-refractivity contribution is -0.302. The minimum absolute atomic E-state index is 0.0711. The normalized spacial score (nSPS) is 36.3. The zero-order valence-corrected chi connectivity index (χ0v) is 41.2. The van der Waals surface area contributed by atoms with Crippen LogP contribution in [0.15, 0.2) is 78.5 Å². The van der Waals surface area contributed by atoms with Crippen LogP contribution in [0, 0.1) is 35.5 Å². The summed E-state index contributed by atoms with van der Waals surface area (Å²) in [5.74, 6) is -5.67. The van der Waals surface area contributed by atoms with E-state index in [1.165, 1.54) is 20.4 Å². The van der Waals surface area contributed by atoms with Gasteiger partial charge in [0.05, 0.1) is 24.4 Å². The van der Waals surface area contributed by atoms with E-state index in [9.17, 15) is 34.5 Å². The van der Waals surface area contributed by atoms with Crippen molar-refractivity contribution in [3.8, 4) is 17.2 Å². The van der Waals surface area contributed by atoms with E-state index in [1.54, 1.807) is 26.8 Å². The summed E-state index contributed by atoms with van der Waals surface area (Å²) < 4.78 is 36.5. The van der Waals surface area contributed by atoms with Crippen LogP contribution in [0.2, 0.25) is 0 Å². The number of ketones is 2. The molecule has 68 heavy (non-hydrogen) atoms. The van der Waals surface area contributed by atoms with E-state index in [1.807, 2.05) is 67.6 Å². The van der Waals surface area contributed by atoms with Gasteiger partial charge in [-0.05, 0) is 131 Å². The second-order valence-electron chi connectivity index (χ2n) is 20.1. The van der Waals surface area contributed by atoms with Crippen molar-refractivity contribution in [1.29, 1.82) is 0 Å². The number of hydrogen-bond acceptors (Lipinski definition) is 13. The van der Waals surface area contributed by atoms with Crippen molar-refractivity contribution in [3.05, 3.63) is 78.5 Å². The van der Waals surface area contributed by atoms with Crippen LogP contribution in [-0.4, -0.2) is 112 Å². The van der Waals surface area contributed by atoms with Gasteiger partial charge in [-0.15, -0.1) is 0 Å². The number of fused-ring (bicyclic) bond motifs is 3. The van der Waals surface area contributed by atoms with Gasteiger partial charge in [-0.3, -0.25) is 19.3 Å². The molecule has 2 bridgehead atoms. The minimum atomic E-state index is -2.55. The predicted molar refractivity (Wildman–Crippen MR) is 254 cm³/mol. The van der Waals surface area contributed by atoms with Crippen LogP contribution < -0.4 is 9.47 Å². The van der Waals surface area contributed by atoms with Gasteiger partial charge in [0.2, 0.25) is 5.79 Å². The fraction of sp³-hybridized carbons (Fsp3) is 0.630. The third-order valence-electron chi connectivity index (χ3n) is 14.8. The van der Waals surface area contributed by atoms with E-state index in [0.29, 0.717) is 62.0 Å². The third-order valence-corrected chi connectivity index (χ3v) is 14.8. The van der Waals surface area contributed by atoms with E-state index >= 15 is 0 Å². The summed E-state index contributed by atoms with van der Waals surface area (Å²) >= 11 is 0. The molecule has 15 unspecified atom stereocenters. The Morgan fingerprint density at radius 1 is 0.794 bits per heavy atom. The Labute approximate surface area is 402 Å². The number of carbonyl (C=O) groups is 4. The lowest BCUT2D eigenvalue weighted by Gasteiger charge is -2.46. The number of carbonyl (C=O) groups excluding carboxylic acids is 4. The minimum Gasteiger partial charge on any atom is -0.488 e. The van der Waals surface area contributed by atoms with Crippen molar-refractivity contribution in [2.45, 2.75) is 167 Å². The first-order valence-corrected chi connectivity index (χ1v) is 24.7. The van der Waals surface area contributed by atoms with Crippen molar-refractivity contribution in [2.24, 2.45) is 35.5 Å². The molecule has 1 aliphatic carbocycles. The quantitative estimate of drug-likeness (QED) is 0.125. The lowest BCUT2D eigenvalue weighted by atomic mass is 9.79. The number of amides is 1. The maximum atomic E-state index is 14.5. The van der Waals surface area contributed by atoms with E-state index < -0.39 is 84.1 Å². The summed E-state index contributed by atoms with van der Waals surface area (Å²) in [6, 6.07) is 15.5.